The molecule has 0 aliphatic carbocycles. The summed E-state index contributed by atoms with van der Waals surface area (Å²) in [4.78, 5) is 0. The van der Waals surface area contributed by atoms with Gasteiger partial charge in [-0.2, -0.15) is 0 Å². The van der Waals surface area contributed by atoms with E-state index in [1.165, 1.54) is 0 Å². The first-order chi connectivity index (χ1) is 5.18. The molecule has 0 aromatic carbocycles. The summed E-state index contributed by atoms with van der Waals surface area (Å²) in [6, 6.07) is 0. The van der Waals surface area contributed by atoms with Crippen LogP contribution in [0, 0.1) is 0 Å². The first kappa shape index (κ1) is 14.6. The van der Waals surface area contributed by atoms with Crippen molar-refractivity contribution >= 4 is 10.2 Å². The van der Waals surface area contributed by atoms with Gasteiger partial charge in [0, 0.05) is 19.8 Å². The Balaban J connectivity index is 0. The van der Waals surface area contributed by atoms with Gasteiger partial charge in [-0.05, 0) is 20.8 Å². The Labute approximate surface area is 78.8 Å². The molecule has 0 fully saturated rings. The Morgan fingerprint density at radius 2 is 1.17 bits per heavy atom. The van der Waals surface area contributed by atoms with Crippen molar-refractivity contribution in [2.75, 3.05) is 19.8 Å². The van der Waals surface area contributed by atoms with Crippen LogP contribution in [0.2, 0.25) is 0 Å². The zero-order valence-corrected chi connectivity index (χ0v) is 9.85. The standard InChI is InChI=1S/C7H18O3Si.CH4/c1-4-8-7(11,9-5-2)10-6-3;/h4-6H2,1-3,11H3;1H4. The third kappa shape index (κ3) is 5.71. The Morgan fingerprint density at radius 1 is 0.917 bits per heavy atom. The van der Waals surface area contributed by atoms with Crippen LogP contribution in [0.25, 0.3) is 0 Å². The molecule has 0 amide bonds. The predicted octanol–water partition coefficient (Wildman–Crippen LogP) is 0.709. The van der Waals surface area contributed by atoms with E-state index in [-0.39, 0.29) is 7.43 Å². The lowest BCUT2D eigenvalue weighted by Gasteiger charge is -2.28. The van der Waals surface area contributed by atoms with Crippen molar-refractivity contribution in [1.29, 1.82) is 0 Å². The van der Waals surface area contributed by atoms with Crippen molar-refractivity contribution in [2.45, 2.75) is 33.8 Å². The molecule has 76 valence electrons. The van der Waals surface area contributed by atoms with Gasteiger partial charge in [0.05, 0.1) is 0 Å². The maximum atomic E-state index is 5.33. The van der Waals surface area contributed by atoms with Gasteiger partial charge in [-0.1, -0.05) is 7.43 Å². The highest BCUT2D eigenvalue weighted by atomic mass is 28.1. The van der Waals surface area contributed by atoms with Gasteiger partial charge in [-0.15, -0.1) is 0 Å². The zero-order valence-electron chi connectivity index (χ0n) is 7.85. The van der Waals surface area contributed by atoms with Gasteiger partial charge in [-0.3, -0.25) is 0 Å². The minimum absolute atomic E-state index is 0. The Bertz CT molecular complexity index is 81.3. The van der Waals surface area contributed by atoms with Gasteiger partial charge in [0.2, 0.25) is 5.60 Å². The van der Waals surface area contributed by atoms with Gasteiger partial charge in [0.15, 0.2) is 0 Å². The van der Waals surface area contributed by atoms with Crippen LogP contribution < -0.4 is 0 Å². The normalized spacial score (nSPS) is 11.2. The lowest BCUT2D eigenvalue weighted by molar-refractivity contribution is -0.320. The second-order valence-electron chi connectivity index (χ2n) is 2.16. The van der Waals surface area contributed by atoms with Crippen molar-refractivity contribution in [2.24, 2.45) is 0 Å². The molecule has 0 aromatic heterocycles. The number of rotatable bonds is 6. The van der Waals surface area contributed by atoms with Crippen LogP contribution in [-0.4, -0.2) is 35.7 Å². The zero-order chi connectivity index (χ0) is 8.74. The van der Waals surface area contributed by atoms with Crippen molar-refractivity contribution in [1.82, 2.24) is 0 Å². The molecule has 12 heavy (non-hydrogen) atoms. The molecule has 0 heterocycles. The van der Waals surface area contributed by atoms with Crippen molar-refractivity contribution in [3.8, 4) is 0 Å². The SMILES string of the molecule is C.CCOC([SiH3])(OCC)OCC. The minimum atomic E-state index is -0.710. The average Bonchev–Trinajstić information content (AvgIpc) is 1.88. The fourth-order valence-electron chi connectivity index (χ4n) is 0.912. The molecular weight excluding hydrogens is 172 g/mol. The van der Waals surface area contributed by atoms with Crippen LogP contribution in [0.5, 0.6) is 0 Å². The summed E-state index contributed by atoms with van der Waals surface area (Å²) < 4.78 is 16.0. The molecular formula is C8H22O3Si. The summed E-state index contributed by atoms with van der Waals surface area (Å²) in [5.74, 6) is 0. The number of hydrogen-bond acceptors (Lipinski definition) is 3. The summed E-state index contributed by atoms with van der Waals surface area (Å²) in [7, 11) is 0.731. The molecule has 0 unspecified atom stereocenters. The van der Waals surface area contributed by atoms with Gasteiger partial charge in [-0.25, -0.2) is 0 Å². The van der Waals surface area contributed by atoms with Gasteiger partial charge >= 0.3 is 0 Å². The molecule has 0 aromatic rings. The lowest BCUT2D eigenvalue weighted by atomic mass is 10.8. The lowest BCUT2D eigenvalue weighted by Crippen LogP contribution is -2.39. The van der Waals surface area contributed by atoms with Crippen LogP contribution in [0.1, 0.15) is 28.2 Å². The fourth-order valence-corrected chi connectivity index (χ4v) is 1.78. The van der Waals surface area contributed by atoms with Crippen LogP contribution >= 0.6 is 0 Å². The molecule has 4 heteroatoms. The van der Waals surface area contributed by atoms with Crippen LogP contribution in [0.4, 0.5) is 0 Å². The summed E-state index contributed by atoms with van der Waals surface area (Å²) >= 11 is 0. The van der Waals surface area contributed by atoms with E-state index < -0.39 is 5.60 Å². The first-order valence-corrected chi connectivity index (χ1v) is 5.10. The van der Waals surface area contributed by atoms with Crippen LogP contribution in [-0.2, 0) is 14.2 Å². The van der Waals surface area contributed by atoms with Gasteiger partial charge in [0.25, 0.3) is 0 Å². The van der Waals surface area contributed by atoms with E-state index in [0.29, 0.717) is 19.8 Å². The van der Waals surface area contributed by atoms with Crippen LogP contribution in [0.15, 0.2) is 0 Å². The van der Waals surface area contributed by atoms with E-state index in [9.17, 15) is 0 Å². The summed E-state index contributed by atoms with van der Waals surface area (Å²) in [5.41, 5.74) is -0.710. The average molecular weight is 194 g/mol. The fraction of sp³-hybridized carbons (Fsp3) is 1.00. The molecule has 0 atom stereocenters. The summed E-state index contributed by atoms with van der Waals surface area (Å²) in [6.45, 7) is 7.69. The molecule has 0 N–H and O–H groups in total. The van der Waals surface area contributed by atoms with E-state index in [1.807, 2.05) is 20.8 Å². The topological polar surface area (TPSA) is 27.7 Å². The molecule has 0 saturated heterocycles. The second-order valence-corrected chi connectivity index (χ2v) is 3.39. The quantitative estimate of drug-likeness (QED) is 0.460. The summed E-state index contributed by atoms with van der Waals surface area (Å²) in [6.07, 6.45) is 0. The van der Waals surface area contributed by atoms with E-state index in [2.05, 4.69) is 0 Å². The minimum Gasteiger partial charge on any atom is -0.333 e. The van der Waals surface area contributed by atoms with E-state index in [1.54, 1.807) is 0 Å². The molecule has 0 bridgehead atoms. The molecule has 0 aliphatic heterocycles. The third-order valence-electron chi connectivity index (χ3n) is 1.22. The summed E-state index contributed by atoms with van der Waals surface area (Å²) in [5, 5.41) is 0. The van der Waals surface area contributed by atoms with Crippen molar-refractivity contribution < 1.29 is 14.2 Å². The highest BCUT2D eigenvalue weighted by Gasteiger charge is 2.23. The maximum Gasteiger partial charge on any atom is 0.245 e. The molecule has 0 saturated carbocycles. The van der Waals surface area contributed by atoms with Crippen molar-refractivity contribution in [3.63, 3.8) is 0 Å². The Morgan fingerprint density at radius 3 is 1.33 bits per heavy atom. The molecule has 3 nitrogen and oxygen atoms in total. The number of ether oxygens (including phenoxy) is 3. The molecule has 0 rings (SSSR count). The highest BCUT2D eigenvalue weighted by molar-refractivity contribution is 6.12. The Kier molecular flexibility index (Phi) is 9.41. The van der Waals surface area contributed by atoms with E-state index >= 15 is 0 Å². The maximum absolute atomic E-state index is 5.33. The number of hydrogen-bond donors (Lipinski definition) is 0. The smallest absolute Gasteiger partial charge is 0.245 e. The second kappa shape index (κ2) is 7.73. The van der Waals surface area contributed by atoms with E-state index in [0.717, 1.165) is 10.2 Å². The van der Waals surface area contributed by atoms with Gasteiger partial charge in [0.1, 0.15) is 10.2 Å². The largest absolute Gasteiger partial charge is 0.333 e. The first-order valence-electron chi connectivity index (χ1n) is 4.10. The monoisotopic (exact) mass is 194 g/mol. The van der Waals surface area contributed by atoms with E-state index in [4.69, 9.17) is 14.2 Å². The Hall–Kier alpha value is 0.0969. The molecule has 0 spiro atoms. The highest BCUT2D eigenvalue weighted by Crippen LogP contribution is 2.09. The molecule has 0 aliphatic rings. The van der Waals surface area contributed by atoms with Crippen LogP contribution in [0.3, 0.4) is 0 Å². The third-order valence-corrected chi connectivity index (χ3v) is 2.09. The molecule has 0 radical (unpaired) electrons. The predicted molar refractivity (Wildman–Crippen MR) is 54.3 cm³/mol. The van der Waals surface area contributed by atoms with Crippen molar-refractivity contribution in [3.05, 3.63) is 0 Å². The van der Waals surface area contributed by atoms with Gasteiger partial charge < -0.3 is 14.2 Å².